The van der Waals surface area contributed by atoms with Gasteiger partial charge in [0, 0.05) is 12.0 Å². The summed E-state index contributed by atoms with van der Waals surface area (Å²) in [6.07, 6.45) is 3.75. The maximum absolute atomic E-state index is 15.3. The summed E-state index contributed by atoms with van der Waals surface area (Å²) in [5.41, 5.74) is 5.34. The number of unbranched alkanes of at least 4 members (excludes halogenated alkanes) is 1. The number of aryl methyl sites for hydroxylation is 1. The maximum Gasteiger partial charge on any atom is 0.138 e. The SMILES string of the molecule is CCCCc1ccc2c(c1)Cc1c-2cc(F)c(-c2ccc(C#N)cc2)c1F. The largest absolute Gasteiger partial charge is 0.206 e. The third-order valence-electron chi connectivity index (χ3n) is 5.27. The van der Waals surface area contributed by atoms with E-state index in [9.17, 15) is 4.39 Å². The highest BCUT2D eigenvalue weighted by molar-refractivity contribution is 5.81. The summed E-state index contributed by atoms with van der Waals surface area (Å²) in [5, 5.41) is 8.91. The van der Waals surface area contributed by atoms with E-state index in [0.29, 0.717) is 28.7 Å². The van der Waals surface area contributed by atoms with Crippen LogP contribution >= 0.6 is 0 Å². The normalized spacial score (nSPS) is 11.8. The monoisotopic (exact) mass is 359 g/mol. The van der Waals surface area contributed by atoms with E-state index in [1.807, 2.05) is 12.1 Å². The van der Waals surface area contributed by atoms with Gasteiger partial charge in [0.05, 0.1) is 17.2 Å². The first-order valence-corrected chi connectivity index (χ1v) is 9.26. The van der Waals surface area contributed by atoms with Crippen molar-refractivity contribution < 1.29 is 8.78 Å². The molecule has 0 bridgehead atoms. The van der Waals surface area contributed by atoms with E-state index in [4.69, 9.17) is 5.26 Å². The topological polar surface area (TPSA) is 23.8 Å². The van der Waals surface area contributed by atoms with Gasteiger partial charge in [0.2, 0.25) is 0 Å². The van der Waals surface area contributed by atoms with Gasteiger partial charge in [0.25, 0.3) is 0 Å². The van der Waals surface area contributed by atoms with Gasteiger partial charge in [-0.25, -0.2) is 8.78 Å². The Kier molecular flexibility index (Phi) is 4.49. The molecule has 0 radical (unpaired) electrons. The van der Waals surface area contributed by atoms with Crippen molar-refractivity contribution in [2.75, 3.05) is 0 Å². The van der Waals surface area contributed by atoms with E-state index < -0.39 is 11.6 Å². The molecular formula is C24H19F2N. The first kappa shape index (κ1) is 17.4. The Bertz CT molecular complexity index is 1060. The molecule has 1 aliphatic carbocycles. The molecule has 0 N–H and O–H groups in total. The number of fused-ring (bicyclic) bond motifs is 3. The van der Waals surface area contributed by atoms with Crippen LogP contribution in [0.3, 0.4) is 0 Å². The van der Waals surface area contributed by atoms with Crippen LogP contribution in [-0.2, 0) is 12.8 Å². The van der Waals surface area contributed by atoms with Crippen LogP contribution in [0.25, 0.3) is 22.3 Å². The highest BCUT2D eigenvalue weighted by Gasteiger charge is 2.27. The lowest BCUT2D eigenvalue weighted by Gasteiger charge is -2.10. The molecule has 0 aliphatic heterocycles. The summed E-state index contributed by atoms with van der Waals surface area (Å²) < 4.78 is 30.1. The zero-order chi connectivity index (χ0) is 19.0. The number of hydrogen-bond acceptors (Lipinski definition) is 1. The zero-order valence-corrected chi connectivity index (χ0v) is 15.2. The molecule has 0 amide bonds. The van der Waals surface area contributed by atoms with E-state index in [0.717, 1.165) is 30.4 Å². The second-order valence-corrected chi connectivity index (χ2v) is 7.03. The molecule has 1 aliphatic rings. The van der Waals surface area contributed by atoms with Gasteiger partial charge in [-0.3, -0.25) is 0 Å². The summed E-state index contributed by atoms with van der Waals surface area (Å²) in [5.74, 6) is -1.07. The number of benzene rings is 3. The number of nitriles is 1. The minimum absolute atomic E-state index is 0.0164. The van der Waals surface area contributed by atoms with E-state index >= 15 is 4.39 Å². The third kappa shape index (κ3) is 3.02. The predicted octanol–water partition coefficient (Wildman–Crippen LogP) is 6.42. The van der Waals surface area contributed by atoms with Crippen LogP contribution in [0, 0.1) is 23.0 Å². The number of nitrogens with zero attached hydrogens (tertiary/aromatic N) is 1. The van der Waals surface area contributed by atoms with Gasteiger partial charge < -0.3 is 0 Å². The summed E-state index contributed by atoms with van der Waals surface area (Å²) in [7, 11) is 0. The minimum Gasteiger partial charge on any atom is -0.206 e. The molecule has 0 aromatic heterocycles. The van der Waals surface area contributed by atoms with Crippen molar-refractivity contribution in [3.05, 3.63) is 82.4 Å². The van der Waals surface area contributed by atoms with Crippen molar-refractivity contribution >= 4 is 0 Å². The van der Waals surface area contributed by atoms with Crippen molar-refractivity contribution in [2.45, 2.75) is 32.6 Å². The fourth-order valence-corrected chi connectivity index (χ4v) is 3.83. The van der Waals surface area contributed by atoms with E-state index in [-0.39, 0.29) is 5.56 Å². The molecule has 0 atom stereocenters. The van der Waals surface area contributed by atoms with Crippen molar-refractivity contribution in [1.29, 1.82) is 5.26 Å². The summed E-state index contributed by atoms with van der Waals surface area (Å²) in [6, 6.07) is 16.0. The first-order chi connectivity index (χ1) is 13.1. The number of hydrogen-bond donors (Lipinski definition) is 0. The van der Waals surface area contributed by atoms with Gasteiger partial charge in [-0.1, -0.05) is 43.7 Å². The highest BCUT2D eigenvalue weighted by atomic mass is 19.1. The molecular weight excluding hydrogens is 340 g/mol. The first-order valence-electron chi connectivity index (χ1n) is 9.26. The molecule has 4 rings (SSSR count). The van der Waals surface area contributed by atoms with Crippen LogP contribution in [0.15, 0.2) is 48.5 Å². The molecule has 0 heterocycles. The fourth-order valence-electron chi connectivity index (χ4n) is 3.83. The van der Waals surface area contributed by atoms with Gasteiger partial charge in [-0.05, 0) is 58.9 Å². The predicted molar refractivity (Wildman–Crippen MR) is 103 cm³/mol. The second kappa shape index (κ2) is 6.96. The van der Waals surface area contributed by atoms with Crippen LogP contribution in [0.4, 0.5) is 8.78 Å². The standard InChI is InChI=1S/C24H19F2N/c1-2-3-4-15-7-10-19-18(11-15)12-21-20(19)13-22(25)23(24(21)26)17-8-5-16(14-27)6-9-17/h5-11,13H,2-4,12H2,1H3. The quantitative estimate of drug-likeness (QED) is 0.412. The van der Waals surface area contributed by atoms with Crippen molar-refractivity contribution in [3.63, 3.8) is 0 Å². The van der Waals surface area contributed by atoms with Crippen LogP contribution in [0.2, 0.25) is 0 Å². The molecule has 3 heteroatoms. The molecule has 0 spiro atoms. The third-order valence-corrected chi connectivity index (χ3v) is 5.27. The molecule has 0 unspecified atom stereocenters. The average molecular weight is 359 g/mol. The van der Waals surface area contributed by atoms with Crippen molar-refractivity contribution in [3.8, 4) is 28.3 Å². The lowest BCUT2D eigenvalue weighted by molar-refractivity contribution is 0.583. The Labute approximate surface area is 157 Å². The Balaban J connectivity index is 1.77. The second-order valence-electron chi connectivity index (χ2n) is 7.03. The van der Waals surface area contributed by atoms with Gasteiger partial charge in [0.15, 0.2) is 0 Å². The van der Waals surface area contributed by atoms with Gasteiger partial charge >= 0.3 is 0 Å². The number of rotatable bonds is 4. The summed E-state index contributed by atoms with van der Waals surface area (Å²) in [6.45, 7) is 2.16. The summed E-state index contributed by atoms with van der Waals surface area (Å²) in [4.78, 5) is 0. The Morgan fingerprint density at radius 1 is 1.00 bits per heavy atom. The van der Waals surface area contributed by atoms with Crippen molar-refractivity contribution in [1.82, 2.24) is 0 Å². The van der Waals surface area contributed by atoms with Gasteiger partial charge in [0.1, 0.15) is 11.6 Å². The van der Waals surface area contributed by atoms with Gasteiger partial charge in [-0.15, -0.1) is 0 Å². The molecule has 134 valence electrons. The maximum atomic E-state index is 15.3. The lowest BCUT2D eigenvalue weighted by Crippen LogP contribution is -1.97. The van der Waals surface area contributed by atoms with E-state index in [1.165, 1.54) is 11.6 Å². The van der Waals surface area contributed by atoms with Crippen LogP contribution in [-0.4, -0.2) is 0 Å². The average Bonchev–Trinajstić information content (AvgIpc) is 3.05. The molecule has 27 heavy (non-hydrogen) atoms. The Morgan fingerprint density at radius 3 is 2.48 bits per heavy atom. The van der Waals surface area contributed by atoms with E-state index in [2.05, 4.69) is 19.1 Å². The number of halogens is 2. The zero-order valence-electron chi connectivity index (χ0n) is 15.2. The molecule has 0 fully saturated rings. The molecule has 3 aromatic carbocycles. The van der Waals surface area contributed by atoms with Crippen LogP contribution in [0.1, 0.15) is 42.0 Å². The highest BCUT2D eigenvalue weighted by Crippen LogP contribution is 2.42. The van der Waals surface area contributed by atoms with Crippen molar-refractivity contribution in [2.24, 2.45) is 0 Å². The van der Waals surface area contributed by atoms with E-state index in [1.54, 1.807) is 24.3 Å². The van der Waals surface area contributed by atoms with Gasteiger partial charge in [-0.2, -0.15) is 5.26 Å². The molecule has 0 saturated heterocycles. The van der Waals surface area contributed by atoms with Crippen LogP contribution < -0.4 is 0 Å². The molecule has 3 aromatic rings. The Hall–Kier alpha value is -2.99. The summed E-state index contributed by atoms with van der Waals surface area (Å²) >= 11 is 0. The Morgan fingerprint density at radius 2 is 1.78 bits per heavy atom. The molecule has 1 nitrogen and oxygen atoms in total. The van der Waals surface area contributed by atoms with Crippen LogP contribution in [0.5, 0.6) is 0 Å². The fraction of sp³-hybridized carbons (Fsp3) is 0.208. The smallest absolute Gasteiger partial charge is 0.138 e. The lowest BCUT2D eigenvalue weighted by atomic mass is 9.96. The molecule has 0 saturated carbocycles. The minimum atomic E-state index is -0.570.